The van der Waals surface area contributed by atoms with Crippen LogP contribution in [0.25, 0.3) is 22.0 Å². The average molecular weight is 450 g/mol. The molecule has 5 rings (SSSR count). The fraction of sp³-hybridized carbons (Fsp3) is 0.111. The SMILES string of the molecule is COc1cccc(-c2ccc3nc(C4C=NC=CC4)nc(Nc4ccccc4C(N)=O)c3c2)c1. The number of fused-ring (bicyclic) bond motifs is 1. The number of allylic oxidation sites excluding steroid dienone is 1. The zero-order valence-corrected chi connectivity index (χ0v) is 18.6. The van der Waals surface area contributed by atoms with Gasteiger partial charge in [0, 0.05) is 17.8 Å². The van der Waals surface area contributed by atoms with Crippen LogP contribution in [0.1, 0.15) is 28.5 Å². The Balaban J connectivity index is 1.66. The number of nitrogens with two attached hydrogens (primary N) is 1. The van der Waals surface area contributed by atoms with Crippen LogP contribution in [0.5, 0.6) is 5.75 Å². The van der Waals surface area contributed by atoms with Gasteiger partial charge in [0.05, 0.1) is 29.8 Å². The number of aliphatic imine (C=N–C) groups is 1. The number of hydrogen-bond donors (Lipinski definition) is 2. The molecule has 2 heterocycles. The fourth-order valence-electron chi connectivity index (χ4n) is 3.98. The number of rotatable bonds is 6. The van der Waals surface area contributed by atoms with E-state index in [0.29, 0.717) is 22.9 Å². The Hall–Kier alpha value is -4.52. The molecule has 168 valence electrons. The molecule has 0 aliphatic carbocycles. The highest BCUT2D eigenvalue weighted by atomic mass is 16.5. The lowest BCUT2D eigenvalue weighted by Gasteiger charge is -2.17. The molecule has 0 bridgehead atoms. The van der Waals surface area contributed by atoms with Crippen molar-refractivity contribution >= 4 is 34.5 Å². The smallest absolute Gasteiger partial charge is 0.250 e. The minimum absolute atomic E-state index is 0.0283. The summed E-state index contributed by atoms with van der Waals surface area (Å²) >= 11 is 0. The fourth-order valence-corrected chi connectivity index (χ4v) is 3.98. The molecule has 1 amide bonds. The summed E-state index contributed by atoms with van der Waals surface area (Å²) in [6, 6.07) is 21.1. The zero-order valence-electron chi connectivity index (χ0n) is 18.6. The van der Waals surface area contributed by atoms with Crippen LogP contribution in [0.4, 0.5) is 11.5 Å². The summed E-state index contributed by atoms with van der Waals surface area (Å²) in [7, 11) is 1.65. The van der Waals surface area contributed by atoms with Crippen molar-refractivity contribution in [1.82, 2.24) is 9.97 Å². The van der Waals surface area contributed by atoms with Crippen LogP contribution >= 0.6 is 0 Å². The molecule has 0 radical (unpaired) electrons. The summed E-state index contributed by atoms with van der Waals surface area (Å²) in [5.41, 5.74) is 9.38. The maximum absolute atomic E-state index is 12.0. The Kier molecular flexibility index (Phi) is 5.74. The normalized spacial score (nSPS) is 14.8. The van der Waals surface area contributed by atoms with Crippen molar-refractivity contribution in [2.24, 2.45) is 10.7 Å². The molecule has 1 unspecified atom stereocenters. The first-order chi connectivity index (χ1) is 16.6. The molecule has 3 aromatic carbocycles. The van der Waals surface area contributed by atoms with E-state index in [-0.39, 0.29) is 5.92 Å². The van der Waals surface area contributed by atoms with E-state index in [4.69, 9.17) is 20.4 Å². The zero-order chi connectivity index (χ0) is 23.5. The maximum Gasteiger partial charge on any atom is 0.250 e. The molecular formula is C27H23N5O2. The first-order valence-corrected chi connectivity index (χ1v) is 10.9. The third-order valence-corrected chi connectivity index (χ3v) is 5.74. The Morgan fingerprint density at radius 1 is 1.03 bits per heavy atom. The molecule has 1 aromatic heterocycles. The van der Waals surface area contributed by atoms with Gasteiger partial charge in [0.25, 0.3) is 5.91 Å². The van der Waals surface area contributed by atoms with Gasteiger partial charge in [-0.25, -0.2) is 9.97 Å². The number of methoxy groups -OCH3 is 1. The topological polar surface area (TPSA) is 102 Å². The van der Waals surface area contributed by atoms with Crippen LogP contribution in [0.15, 0.2) is 84.0 Å². The van der Waals surface area contributed by atoms with Crippen molar-refractivity contribution < 1.29 is 9.53 Å². The van der Waals surface area contributed by atoms with Gasteiger partial charge in [-0.05, 0) is 53.9 Å². The number of amides is 1. The van der Waals surface area contributed by atoms with E-state index in [2.05, 4.69) is 10.3 Å². The molecule has 7 nitrogen and oxygen atoms in total. The molecule has 1 atom stereocenters. The van der Waals surface area contributed by atoms with Crippen molar-refractivity contribution in [1.29, 1.82) is 0 Å². The lowest BCUT2D eigenvalue weighted by atomic mass is 10.0. The van der Waals surface area contributed by atoms with E-state index in [9.17, 15) is 4.79 Å². The first kappa shape index (κ1) is 21.3. The quantitative estimate of drug-likeness (QED) is 0.420. The van der Waals surface area contributed by atoms with Crippen molar-refractivity contribution in [3.63, 3.8) is 0 Å². The van der Waals surface area contributed by atoms with Gasteiger partial charge < -0.3 is 15.8 Å². The third kappa shape index (κ3) is 4.23. The molecule has 1 aliphatic rings. The number of primary amides is 1. The first-order valence-electron chi connectivity index (χ1n) is 10.9. The van der Waals surface area contributed by atoms with E-state index < -0.39 is 5.91 Å². The van der Waals surface area contributed by atoms with Gasteiger partial charge in [-0.15, -0.1) is 0 Å². The maximum atomic E-state index is 12.0. The van der Waals surface area contributed by atoms with Crippen LogP contribution in [0.2, 0.25) is 0 Å². The molecular weight excluding hydrogens is 426 g/mol. The minimum atomic E-state index is -0.511. The predicted molar refractivity (Wildman–Crippen MR) is 135 cm³/mol. The summed E-state index contributed by atoms with van der Waals surface area (Å²) in [4.78, 5) is 26.0. The third-order valence-electron chi connectivity index (χ3n) is 5.74. The second-order valence-electron chi connectivity index (χ2n) is 7.95. The molecule has 34 heavy (non-hydrogen) atoms. The number of carbonyl (C=O) groups is 1. The highest BCUT2D eigenvalue weighted by Crippen LogP contribution is 2.33. The van der Waals surface area contributed by atoms with E-state index in [0.717, 1.165) is 34.2 Å². The molecule has 7 heteroatoms. The van der Waals surface area contributed by atoms with E-state index in [1.54, 1.807) is 25.4 Å². The number of hydrogen-bond acceptors (Lipinski definition) is 6. The number of benzene rings is 3. The summed E-state index contributed by atoms with van der Waals surface area (Å²) in [5.74, 6) is 1.50. The Morgan fingerprint density at radius 2 is 1.88 bits per heavy atom. The Bertz CT molecular complexity index is 1440. The average Bonchev–Trinajstić information content (AvgIpc) is 2.89. The summed E-state index contributed by atoms with van der Waals surface area (Å²) < 4.78 is 5.39. The van der Waals surface area contributed by atoms with Crippen LogP contribution in [-0.2, 0) is 0 Å². The summed E-state index contributed by atoms with van der Waals surface area (Å²) in [6.07, 6.45) is 6.40. The number of anilines is 2. The largest absolute Gasteiger partial charge is 0.497 e. The predicted octanol–water partition coefficient (Wildman–Crippen LogP) is 5.22. The van der Waals surface area contributed by atoms with Crippen LogP contribution in [0.3, 0.4) is 0 Å². The molecule has 0 spiro atoms. The van der Waals surface area contributed by atoms with Crippen molar-refractivity contribution in [3.05, 3.63) is 90.4 Å². The number of nitrogens with zero attached hydrogens (tertiary/aromatic N) is 3. The number of ether oxygens (including phenoxy) is 1. The van der Waals surface area contributed by atoms with Crippen molar-refractivity contribution in [3.8, 4) is 16.9 Å². The molecule has 1 aliphatic heterocycles. The second kappa shape index (κ2) is 9.15. The van der Waals surface area contributed by atoms with Crippen LogP contribution in [-0.4, -0.2) is 29.2 Å². The van der Waals surface area contributed by atoms with E-state index in [1.165, 1.54) is 0 Å². The van der Waals surface area contributed by atoms with Crippen LogP contribution < -0.4 is 15.8 Å². The standard InChI is InChI=1S/C27H23N5O2/c1-34-20-8-4-6-17(14-20)18-11-12-24-22(15-18)27(31-23-10-3-2-9-21(23)25(28)33)32-26(30-24)19-7-5-13-29-16-19/h2-6,8-16,19H,7H2,1H3,(H2,28,33)(H,30,31,32). The number of carbonyl (C=O) groups excluding carboxylic acids is 1. The molecule has 4 aromatic rings. The summed E-state index contributed by atoms with van der Waals surface area (Å²) in [6.45, 7) is 0. The van der Waals surface area contributed by atoms with E-state index >= 15 is 0 Å². The number of aromatic nitrogens is 2. The van der Waals surface area contributed by atoms with Gasteiger partial charge in [-0.3, -0.25) is 9.79 Å². The Labute approximate surface area is 197 Å². The summed E-state index contributed by atoms with van der Waals surface area (Å²) in [5, 5.41) is 4.16. The van der Waals surface area contributed by atoms with Gasteiger partial charge in [0.2, 0.25) is 0 Å². The Morgan fingerprint density at radius 3 is 2.68 bits per heavy atom. The van der Waals surface area contributed by atoms with Gasteiger partial charge >= 0.3 is 0 Å². The van der Waals surface area contributed by atoms with Gasteiger partial charge in [0.15, 0.2) is 0 Å². The molecule has 0 saturated carbocycles. The second-order valence-corrected chi connectivity index (χ2v) is 7.95. The molecule has 0 fully saturated rings. The van der Waals surface area contributed by atoms with Crippen LogP contribution in [0, 0.1) is 0 Å². The van der Waals surface area contributed by atoms with Crippen molar-refractivity contribution in [2.75, 3.05) is 12.4 Å². The highest BCUT2D eigenvalue weighted by Gasteiger charge is 2.18. The van der Waals surface area contributed by atoms with Gasteiger partial charge in [0.1, 0.15) is 17.4 Å². The minimum Gasteiger partial charge on any atom is -0.497 e. The van der Waals surface area contributed by atoms with Gasteiger partial charge in [-0.1, -0.05) is 36.4 Å². The number of para-hydroxylation sites is 1. The molecule has 0 saturated heterocycles. The van der Waals surface area contributed by atoms with Gasteiger partial charge in [-0.2, -0.15) is 0 Å². The van der Waals surface area contributed by atoms with E-state index in [1.807, 2.05) is 66.9 Å². The lowest BCUT2D eigenvalue weighted by molar-refractivity contribution is 0.100. The number of nitrogens with one attached hydrogen (secondary N) is 1. The monoisotopic (exact) mass is 449 g/mol. The highest BCUT2D eigenvalue weighted by molar-refractivity contribution is 6.01. The van der Waals surface area contributed by atoms with Crippen molar-refractivity contribution in [2.45, 2.75) is 12.3 Å². The lowest BCUT2D eigenvalue weighted by Crippen LogP contribution is -2.14. The molecule has 3 N–H and O–H groups in total.